The lowest BCUT2D eigenvalue weighted by atomic mass is 10.1. The largest absolute Gasteiger partial charge is 0.497 e. The van der Waals surface area contributed by atoms with Crippen LogP contribution in [0.1, 0.15) is 12.5 Å². The number of fused-ring (bicyclic) bond motifs is 1. The highest BCUT2D eigenvalue weighted by Crippen LogP contribution is 2.31. The fourth-order valence-corrected chi connectivity index (χ4v) is 4.08. The van der Waals surface area contributed by atoms with Crippen molar-refractivity contribution in [2.24, 2.45) is 0 Å². The molecule has 1 aliphatic heterocycles. The van der Waals surface area contributed by atoms with Gasteiger partial charge in [0.15, 0.2) is 0 Å². The van der Waals surface area contributed by atoms with Crippen molar-refractivity contribution in [2.75, 3.05) is 20.2 Å². The summed E-state index contributed by atoms with van der Waals surface area (Å²) in [7, 11) is 1.67. The summed E-state index contributed by atoms with van der Waals surface area (Å²) in [6.45, 7) is 4.20. The summed E-state index contributed by atoms with van der Waals surface area (Å²) in [6.07, 6.45) is 0. The van der Waals surface area contributed by atoms with Gasteiger partial charge >= 0.3 is 0 Å². The highest BCUT2D eigenvalue weighted by atomic mass is 32.1. The lowest BCUT2D eigenvalue weighted by molar-refractivity contribution is -0.128. The molecule has 4 rings (SSSR count). The summed E-state index contributed by atoms with van der Waals surface area (Å²) in [4.78, 5) is 20.3. The van der Waals surface area contributed by atoms with Crippen molar-refractivity contribution in [1.29, 1.82) is 0 Å². The Balaban J connectivity index is 1.79. The number of rotatable bonds is 4. The number of pyridine rings is 1. The fourth-order valence-electron chi connectivity index (χ4n) is 3.33. The first-order valence-electron chi connectivity index (χ1n) is 8.69. The van der Waals surface area contributed by atoms with E-state index in [1.54, 1.807) is 18.4 Å². The summed E-state index contributed by atoms with van der Waals surface area (Å²) < 4.78 is 5.34. The molecule has 0 unspecified atom stereocenters. The Bertz CT molecular complexity index is 940. The Morgan fingerprint density at radius 3 is 3.00 bits per heavy atom. The zero-order chi connectivity index (χ0) is 18.1. The van der Waals surface area contributed by atoms with Gasteiger partial charge in [0.1, 0.15) is 5.75 Å². The minimum absolute atomic E-state index is 0.0902. The molecule has 1 fully saturated rings. The van der Waals surface area contributed by atoms with Gasteiger partial charge in [-0.25, -0.2) is 4.98 Å². The molecule has 1 aliphatic rings. The topological polar surface area (TPSA) is 54.5 Å². The number of carbonyl (C=O) groups excluding carboxylic acids is 1. The van der Waals surface area contributed by atoms with Gasteiger partial charge in [0.2, 0.25) is 5.91 Å². The molecule has 26 heavy (non-hydrogen) atoms. The zero-order valence-electron chi connectivity index (χ0n) is 14.9. The van der Waals surface area contributed by atoms with Gasteiger partial charge in [-0.2, -0.15) is 0 Å². The van der Waals surface area contributed by atoms with Crippen molar-refractivity contribution < 1.29 is 9.53 Å². The van der Waals surface area contributed by atoms with E-state index in [1.165, 1.54) is 0 Å². The van der Waals surface area contributed by atoms with Gasteiger partial charge < -0.3 is 10.1 Å². The van der Waals surface area contributed by atoms with Gasteiger partial charge in [0.05, 0.1) is 29.2 Å². The summed E-state index contributed by atoms with van der Waals surface area (Å²) in [6, 6.07) is 12.1. The van der Waals surface area contributed by atoms with E-state index >= 15 is 0 Å². The third kappa shape index (κ3) is 3.18. The molecule has 1 aromatic carbocycles. The molecule has 1 amide bonds. The molecule has 134 valence electrons. The van der Waals surface area contributed by atoms with Crippen LogP contribution in [0.4, 0.5) is 0 Å². The van der Waals surface area contributed by atoms with E-state index in [4.69, 9.17) is 9.72 Å². The molecular weight excluding hydrogens is 346 g/mol. The highest BCUT2D eigenvalue weighted by molar-refractivity contribution is 7.13. The predicted octanol–water partition coefficient (Wildman–Crippen LogP) is 3.29. The molecule has 0 radical (unpaired) electrons. The predicted molar refractivity (Wildman–Crippen MR) is 104 cm³/mol. The zero-order valence-corrected chi connectivity index (χ0v) is 15.7. The Kier molecular flexibility index (Phi) is 4.61. The van der Waals surface area contributed by atoms with Crippen LogP contribution < -0.4 is 10.1 Å². The van der Waals surface area contributed by atoms with E-state index in [9.17, 15) is 4.79 Å². The number of thiophene rings is 1. The lowest BCUT2D eigenvalue weighted by Crippen LogP contribution is -2.53. The Morgan fingerprint density at radius 1 is 1.35 bits per heavy atom. The van der Waals surface area contributed by atoms with E-state index in [1.807, 2.05) is 31.2 Å². The van der Waals surface area contributed by atoms with Gasteiger partial charge in [-0.3, -0.25) is 9.69 Å². The number of hydrogen-bond acceptors (Lipinski definition) is 5. The normalized spacial score (nSPS) is 18.1. The Morgan fingerprint density at radius 2 is 2.23 bits per heavy atom. The summed E-state index contributed by atoms with van der Waals surface area (Å²) in [5.41, 5.74) is 3.05. The maximum absolute atomic E-state index is 12.0. The van der Waals surface area contributed by atoms with E-state index in [2.05, 4.69) is 27.7 Å². The van der Waals surface area contributed by atoms with Gasteiger partial charge in [-0.1, -0.05) is 6.07 Å². The molecule has 1 atom stereocenters. The third-order valence-electron chi connectivity index (χ3n) is 4.86. The van der Waals surface area contributed by atoms with Gasteiger partial charge in [0.25, 0.3) is 0 Å². The minimum Gasteiger partial charge on any atom is -0.497 e. The average Bonchev–Trinajstić information content (AvgIpc) is 3.19. The first kappa shape index (κ1) is 17.0. The smallest absolute Gasteiger partial charge is 0.237 e. The first-order valence-corrected chi connectivity index (χ1v) is 9.57. The number of methoxy groups -OCH3 is 1. The molecule has 0 bridgehead atoms. The molecule has 0 saturated carbocycles. The van der Waals surface area contributed by atoms with Crippen LogP contribution in [0.5, 0.6) is 5.75 Å². The van der Waals surface area contributed by atoms with Crippen LogP contribution in [-0.4, -0.2) is 42.0 Å². The average molecular weight is 367 g/mol. The second-order valence-corrected chi connectivity index (χ2v) is 7.42. The molecule has 5 nitrogen and oxygen atoms in total. The van der Waals surface area contributed by atoms with Crippen molar-refractivity contribution >= 4 is 28.1 Å². The number of carbonyl (C=O) groups is 1. The maximum Gasteiger partial charge on any atom is 0.237 e. The van der Waals surface area contributed by atoms with Crippen LogP contribution in [-0.2, 0) is 11.3 Å². The second-order valence-electron chi connectivity index (χ2n) is 6.47. The van der Waals surface area contributed by atoms with Crippen molar-refractivity contribution in [2.45, 2.75) is 19.5 Å². The van der Waals surface area contributed by atoms with Crippen LogP contribution in [0.3, 0.4) is 0 Å². The van der Waals surface area contributed by atoms with Crippen LogP contribution in [0.15, 0.2) is 41.8 Å². The van der Waals surface area contributed by atoms with E-state index in [0.29, 0.717) is 13.1 Å². The SMILES string of the molecule is COc1ccc2cc(CN3CCNC(=O)[C@@H]3C)c(-c3cccs3)nc2c1. The number of nitrogens with one attached hydrogen (secondary N) is 1. The number of aromatic nitrogens is 1. The number of amides is 1. The molecule has 3 heterocycles. The molecule has 0 spiro atoms. The summed E-state index contributed by atoms with van der Waals surface area (Å²) in [5, 5.41) is 6.07. The fraction of sp³-hybridized carbons (Fsp3) is 0.300. The Hall–Kier alpha value is -2.44. The van der Waals surface area contributed by atoms with Crippen LogP contribution >= 0.6 is 11.3 Å². The van der Waals surface area contributed by atoms with Crippen LogP contribution in [0.25, 0.3) is 21.5 Å². The monoisotopic (exact) mass is 367 g/mol. The number of ether oxygens (including phenoxy) is 1. The molecule has 1 N–H and O–H groups in total. The van der Waals surface area contributed by atoms with E-state index in [0.717, 1.165) is 39.3 Å². The number of benzene rings is 1. The molecule has 6 heteroatoms. The van der Waals surface area contributed by atoms with Gasteiger partial charge in [0, 0.05) is 31.1 Å². The molecular formula is C20H21N3O2S. The molecule has 2 aromatic heterocycles. The lowest BCUT2D eigenvalue weighted by Gasteiger charge is -2.33. The van der Waals surface area contributed by atoms with E-state index < -0.39 is 0 Å². The van der Waals surface area contributed by atoms with Crippen molar-refractivity contribution in [3.63, 3.8) is 0 Å². The highest BCUT2D eigenvalue weighted by Gasteiger charge is 2.26. The summed E-state index contributed by atoms with van der Waals surface area (Å²) >= 11 is 1.68. The van der Waals surface area contributed by atoms with Crippen molar-refractivity contribution in [1.82, 2.24) is 15.2 Å². The Labute approximate surface area is 156 Å². The van der Waals surface area contributed by atoms with Crippen LogP contribution in [0.2, 0.25) is 0 Å². The quantitative estimate of drug-likeness (QED) is 0.769. The van der Waals surface area contributed by atoms with E-state index in [-0.39, 0.29) is 11.9 Å². The van der Waals surface area contributed by atoms with Crippen molar-refractivity contribution in [3.05, 3.63) is 47.3 Å². The first-order chi connectivity index (χ1) is 12.7. The van der Waals surface area contributed by atoms with Crippen molar-refractivity contribution in [3.8, 4) is 16.3 Å². The third-order valence-corrected chi connectivity index (χ3v) is 5.73. The molecule has 1 saturated heterocycles. The minimum atomic E-state index is -0.133. The standard InChI is InChI=1S/C20H21N3O2S/c1-13-20(24)21-7-8-23(13)12-15-10-14-5-6-16(25-2)11-17(14)22-19(15)18-4-3-9-26-18/h3-6,9-11,13H,7-8,12H2,1-2H3,(H,21,24)/t13-/m0/s1. The number of piperazine rings is 1. The number of hydrogen-bond donors (Lipinski definition) is 1. The molecule has 3 aromatic rings. The van der Waals surface area contributed by atoms with Crippen LogP contribution in [0, 0.1) is 0 Å². The van der Waals surface area contributed by atoms with Gasteiger partial charge in [-0.15, -0.1) is 11.3 Å². The maximum atomic E-state index is 12.0. The number of nitrogens with zero attached hydrogens (tertiary/aromatic N) is 2. The van der Waals surface area contributed by atoms with Gasteiger partial charge in [-0.05, 0) is 42.1 Å². The molecule has 0 aliphatic carbocycles. The summed E-state index contributed by atoms with van der Waals surface area (Å²) in [5.74, 6) is 0.892. The second kappa shape index (κ2) is 7.05.